The van der Waals surface area contributed by atoms with Gasteiger partial charge in [0.25, 0.3) is 11.6 Å². The first-order valence-corrected chi connectivity index (χ1v) is 8.21. The number of anilines is 2. The molecular weight excluding hydrogens is 376 g/mol. The van der Waals surface area contributed by atoms with Crippen LogP contribution < -0.4 is 19.7 Å². The fourth-order valence-electron chi connectivity index (χ4n) is 2.50. The average molecular weight is 395 g/mol. The van der Waals surface area contributed by atoms with E-state index >= 15 is 0 Å². The van der Waals surface area contributed by atoms with Crippen LogP contribution in [0.2, 0.25) is 0 Å². The number of nitrogens with zero attached hydrogens (tertiary/aromatic N) is 2. The van der Waals surface area contributed by atoms with Gasteiger partial charge in [-0.1, -0.05) is 12.1 Å². The number of amides is 1. The maximum absolute atomic E-state index is 12.7. The van der Waals surface area contributed by atoms with Crippen molar-refractivity contribution in [2.24, 2.45) is 0 Å². The minimum absolute atomic E-state index is 0.227. The predicted molar refractivity (Wildman–Crippen MR) is 99.6 cm³/mol. The number of rotatable bonds is 8. The van der Waals surface area contributed by atoms with Crippen molar-refractivity contribution < 1.29 is 28.0 Å². The van der Waals surface area contributed by atoms with Crippen molar-refractivity contribution in [1.29, 1.82) is 0 Å². The van der Waals surface area contributed by atoms with E-state index < -0.39 is 28.9 Å². The first kappa shape index (κ1) is 20.9. The summed E-state index contributed by atoms with van der Waals surface area (Å²) in [6.45, 7) is -0.610. The first-order chi connectivity index (χ1) is 13.3. The lowest BCUT2D eigenvalue weighted by Crippen LogP contribution is -2.20. The SMILES string of the molecule is CCN(C)c1ccccc1NC(=O)c1cc(OC)c(OC(F)F)cc1[N+](=O)[O-]. The number of benzene rings is 2. The third-order valence-electron chi connectivity index (χ3n) is 3.98. The molecule has 0 spiro atoms. The minimum atomic E-state index is -3.20. The fraction of sp³-hybridized carbons (Fsp3) is 0.278. The van der Waals surface area contributed by atoms with Gasteiger partial charge >= 0.3 is 6.61 Å². The molecule has 0 unspecified atom stereocenters. The zero-order valence-corrected chi connectivity index (χ0v) is 15.4. The molecule has 0 aliphatic heterocycles. The highest BCUT2D eigenvalue weighted by Gasteiger charge is 2.26. The van der Waals surface area contributed by atoms with Crippen LogP contribution in [0.25, 0.3) is 0 Å². The van der Waals surface area contributed by atoms with Gasteiger partial charge in [0.2, 0.25) is 0 Å². The summed E-state index contributed by atoms with van der Waals surface area (Å²) in [5.41, 5.74) is 0.122. The lowest BCUT2D eigenvalue weighted by Gasteiger charge is -2.21. The number of para-hydroxylation sites is 2. The zero-order valence-electron chi connectivity index (χ0n) is 15.4. The second-order valence-electron chi connectivity index (χ2n) is 5.64. The van der Waals surface area contributed by atoms with Crippen LogP contribution in [0.3, 0.4) is 0 Å². The van der Waals surface area contributed by atoms with E-state index in [0.29, 0.717) is 17.9 Å². The lowest BCUT2D eigenvalue weighted by atomic mass is 10.1. The largest absolute Gasteiger partial charge is 0.493 e. The van der Waals surface area contributed by atoms with E-state index in [1.165, 1.54) is 7.11 Å². The van der Waals surface area contributed by atoms with Crippen molar-refractivity contribution >= 4 is 23.0 Å². The number of hydrogen-bond donors (Lipinski definition) is 1. The first-order valence-electron chi connectivity index (χ1n) is 8.21. The van der Waals surface area contributed by atoms with E-state index in [1.807, 2.05) is 18.9 Å². The number of nitro benzene ring substituents is 1. The summed E-state index contributed by atoms with van der Waals surface area (Å²) >= 11 is 0. The summed E-state index contributed by atoms with van der Waals surface area (Å²) in [5, 5.41) is 14.0. The van der Waals surface area contributed by atoms with E-state index in [4.69, 9.17) is 4.74 Å². The van der Waals surface area contributed by atoms with Crippen molar-refractivity contribution in [3.63, 3.8) is 0 Å². The molecule has 0 aliphatic rings. The van der Waals surface area contributed by atoms with Gasteiger partial charge in [-0.3, -0.25) is 14.9 Å². The molecule has 0 saturated carbocycles. The van der Waals surface area contributed by atoms with Gasteiger partial charge in [-0.05, 0) is 19.1 Å². The summed E-state index contributed by atoms with van der Waals surface area (Å²) in [6, 6.07) is 8.67. The fourth-order valence-corrected chi connectivity index (χ4v) is 2.50. The number of nitro groups is 1. The van der Waals surface area contributed by atoms with E-state index in [0.717, 1.165) is 12.1 Å². The highest BCUT2D eigenvalue weighted by molar-refractivity contribution is 6.09. The molecule has 2 aromatic carbocycles. The number of ether oxygens (including phenoxy) is 2. The van der Waals surface area contributed by atoms with Crippen LogP contribution in [0.5, 0.6) is 11.5 Å². The smallest absolute Gasteiger partial charge is 0.387 e. The molecule has 1 amide bonds. The van der Waals surface area contributed by atoms with Crippen LogP contribution >= 0.6 is 0 Å². The second-order valence-corrected chi connectivity index (χ2v) is 5.64. The van der Waals surface area contributed by atoms with Crippen molar-refractivity contribution in [2.75, 3.05) is 30.9 Å². The maximum Gasteiger partial charge on any atom is 0.387 e. The lowest BCUT2D eigenvalue weighted by molar-refractivity contribution is -0.385. The van der Waals surface area contributed by atoms with E-state index in [1.54, 1.807) is 24.3 Å². The topological polar surface area (TPSA) is 93.9 Å². The number of methoxy groups -OCH3 is 1. The van der Waals surface area contributed by atoms with Gasteiger partial charge in [-0.15, -0.1) is 0 Å². The highest BCUT2D eigenvalue weighted by Crippen LogP contribution is 2.36. The molecule has 2 rings (SSSR count). The number of halogens is 2. The number of carbonyl (C=O) groups is 1. The average Bonchev–Trinajstić information content (AvgIpc) is 2.66. The van der Waals surface area contributed by atoms with Gasteiger partial charge in [0, 0.05) is 19.7 Å². The molecule has 8 nitrogen and oxygen atoms in total. The zero-order chi connectivity index (χ0) is 20.8. The molecule has 0 saturated heterocycles. The van der Waals surface area contributed by atoms with Crippen molar-refractivity contribution in [3.8, 4) is 11.5 Å². The molecule has 1 N–H and O–H groups in total. The standard InChI is InChI=1S/C18H19F2N3O5/c1-4-22(2)13-8-6-5-7-12(13)21-17(24)11-9-15(27-3)16(28-18(19)20)10-14(11)23(25)26/h5-10,18H,4H2,1-3H3,(H,21,24). The molecule has 0 atom stereocenters. The Balaban J connectivity index is 2.47. The third kappa shape index (κ3) is 4.64. The Kier molecular flexibility index (Phi) is 6.69. The molecular formula is C18H19F2N3O5. The van der Waals surface area contributed by atoms with Crippen LogP contribution in [-0.2, 0) is 0 Å². The van der Waals surface area contributed by atoms with Crippen LogP contribution in [0.15, 0.2) is 36.4 Å². The van der Waals surface area contributed by atoms with Crippen molar-refractivity contribution in [1.82, 2.24) is 0 Å². The Morgan fingerprint density at radius 3 is 2.54 bits per heavy atom. The number of hydrogen-bond acceptors (Lipinski definition) is 6. The molecule has 2 aromatic rings. The summed E-state index contributed by atoms with van der Waals surface area (Å²) in [5.74, 6) is -1.55. The summed E-state index contributed by atoms with van der Waals surface area (Å²) < 4.78 is 34.3. The Morgan fingerprint density at radius 2 is 1.96 bits per heavy atom. The molecule has 0 radical (unpaired) electrons. The van der Waals surface area contributed by atoms with Gasteiger partial charge in [0.05, 0.1) is 29.5 Å². The summed E-state index contributed by atoms with van der Waals surface area (Å²) in [7, 11) is 3.00. The quantitative estimate of drug-likeness (QED) is 0.538. The molecule has 28 heavy (non-hydrogen) atoms. The van der Waals surface area contributed by atoms with Gasteiger partial charge in [-0.2, -0.15) is 8.78 Å². The number of carbonyl (C=O) groups excluding carboxylic acids is 1. The van der Waals surface area contributed by atoms with Crippen LogP contribution in [0.4, 0.5) is 25.8 Å². The number of nitrogens with one attached hydrogen (secondary N) is 1. The van der Waals surface area contributed by atoms with Gasteiger partial charge < -0.3 is 19.7 Å². The molecule has 0 bridgehead atoms. The van der Waals surface area contributed by atoms with E-state index in [9.17, 15) is 23.7 Å². The van der Waals surface area contributed by atoms with Crippen LogP contribution in [0, 0.1) is 10.1 Å². The third-order valence-corrected chi connectivity index (χ3v) is 3.98. The minimum Gasteiger partial charge on any atom is -0.493 e. The molecule has 0 heterocycles. The predicted octanol–water partition coefficient (Wildman–Crippen LogP) is 3.91. The highest BCUT2D eigenvalue weighted by atomic mass is 19.3. The number of alkyl halides is 2. The van der Waals surface area contributed by atoms with E-state index in [2.05, 4.69) is 10.1 Å². The van der Waals surface area contributed by atoms with Crippen molar-refractivity contribution in [3.05, 3.63) is 52.1 Å². The normalized spacial score (nSPS) is 10.5. The molecule has 150 valence electrons. The molecule has 10 heteroatoms. The molecule has 0 aromatic heterocycles. The van der Waals surface area contributed by atoms with Gasteiger partial charge in [-0.25, -0.2) is 0 Å². The molecule has 0 aliphatic carbocycles. The van der Waals surface area contributed by atoms with Crippen molar-refractivity contribution in [2.45, 2.75) is 13.5 Å². The monoisotopic (exact) mass is 395 g/mol. The van der Waals surface area contributed by atoms with Crippen LogP contribution in [0.1, 0.15) is 17.3 Å². The van der Waals surface area contributed by atoms with Crippen LogP contribution in [-0.4, -0.2) is 38.1 Å². The van der Waals surface area contributed by atoms with Gasteiger partial charge in [0.1, 0.15) is 5.56 Å². The maximum atomic E-state index is 12.7. The summed E-state index contributed by atoms with van der Waals surface area (Å²) in [4.78, 5) is 25.1. The Labute approximate surface area is 159 Å². The Morgan fingerprint density at radius 1 is 1.29 bits per heavy atom. The van der Waals surface area contributed by atoms with E-state index in [-0.39, 0.29) is 11.3 Å². The summed E-state index contributed by atoms with van der Waals surface area (Å²) in [6.07, 6.45) is 0. The molecule has 0 fully saturated rings. The second kappa shape index (κ2) is 8.98. The Hall–Kier alpha value is -3.43. The Bertz CT molecular complexity index is 876. The van der Waals surface area contributed by atoms with Gasteiger partial charge in [0.15, 0.2) is 11.5 Å².